The Balaban J connectivity index is 0.00000225. The van der Waals surface area contributed by atoms with E-state index in [9.17, 15) is 4.39 Å². The third-order valence-corrected chi connectivity index (χ3v) is 5.94. The molecule has 2 heterocycles. The molecule has 1 N–H and O–H groups in total. The van der Waals surface area contributed by atoms with Crippen molar-refractivity contribution in [3.63, 3.8) is 0 Å². The number of benzene rings is 1. The van der Waals surface area contributed by atoms with Crippen LogP contribution in [0.15, 0.2) is 29.3 Å². The van der Waals surface area contributed by atoms with Gasteiger partial charge in [0, 0.05) is 32.7 Å². The average Bonchev–Trinajstić information content (AvgIpc) is 3.41. The Labute approximate surface area is 184 Å². The van der Waals surface area contributed by atoms with Crippen LogP contribution < -0.4 is 5.32 Å². The molecule has 0 radical (unpaired) electrons. The van der Waals surface area contributed by atoms with Crippen molar-refractivity contribution in [1.29, 1.82) is 0 Å². The van der Waals surface area contributed by atoms with Gasteiger partial charge in [-0.25, -0.2) is 4.39 Å². The molecule has 7 heteroatoms. The predicted octanol–water partition coefficient (Wildman–Crippen LogP) is 3.27. The van der Waals surface area contributed by atoms with E-state index in [4.69, 9.17) is 4.74 Å². The van der Waals surface area contributed by atoms with E-state index in [2.05, 4.69) is 27.0 Å². The summed E-state index contributed by atoms with van der Waals surface area (Å²) in [6.07, 6.45) is 4.09. The highest BCUT2D eigenvalue weighted by Gasteiger charge is 2.34. The van der Waals surface area contributed by atoms with Gasteiger partial charge < -0.3 is 19.9 Å². The second-order valence-corrected chi connectivity index (χ2v) is 8.20. The zero-order valence-electron chi connectivity index (χ0n) is 16.8. The van der Waals surface area contributed by atoms with Crippen LogP contribution in [0.25, 0.3) is 0 Å². The minimum atomic E-state index is -0.214. The van der Waals surface area contributed by atoms with Crippen molar-refractivity contribution in [1.82, 2.24) is 15.1 Å². The first-order chi connectivity index (χ1) is 13.1. The van der Waals surface area contributed by atoms with Crippen LogP contribution in [0.2, 0.25) is 0 Å². The number of guanidine groups is 1. The molecule has 1 aromatic carbocycles. The first kappa shape index (κ1) is 21.8. The van der Waals surface area contributed by atoms with Gasteiger partial charge in [-0.2, -0.15) is 0 Å². The van der Waals surface area contributed by atoms with Crippen molar-refractivity contribution in [3.8, 4) is 0 Å². The summed E-state index contributed by atoms with van der Waals surface area (Å²) >= 11 is 0. The first-order valence-electron chi connectivity index (χ1n) is 10.2. The molecular weight excluding hydrogens is 470 g/mol. The third-order valence-electron chi connectivity index (χ3n) is 5.94. The molecule has 5 nitrogen and oxygen atoms in total. The van der Waals surface area contributed by atoms with Gasteiger partial charge in [0.15, 0.2) is 5.96 Å². The Kier molecular flexibility index (Phi) is 7.55. The Morgan fingerprint density at radius 1 is 1.18 bits per heavy atom. The van der Waals surface area contributed by atoms with Crippen LogP contribution in [0.3, 0.4) is 0 Å². The fourth-order valence-corrected chi connectivity index (χ4v) is 4.35. The number of nitrogens with one attached hydrogen (secondary N) is 1. The molecule has 156 valence electrons. The van der Waals surface area contributed by atoms with Crippen LogP contribution in [0.1, 0.15) is 37.9 Å². The van der Waals surface area contributed by atoms with Crippen LogP contribution in [0.5, 0.6) is 0 Å². The van der Waals surface area contributed by atoms with Gasteiger partial charge in [-0.15, -0.1) is 24.0 Å². The van der Waals surface area contributed by atoms with Gasteiger partial charge >= 0.3 is 0 Å². The van der Waals surface area contributed by atoms with Crippen molar-refractivity contribution < 1.29 is 9.13 Å². The largest absolute Gasteiger partial charge is 0.367 e. The molecule has 28 heavy (non-hydrogen) atoms. The molecule has 3 unspecified atom stereocenters. The molecule has 2 aliphatic heterocycles. The molecule has 2 saturated heterocycles. The van der Waals surface area contributed by atoms with Gasteiger partial charge in [0.1, 0.15) is 11.9 Å². The Morgan fingerprint density at radius 2 is 1.93 bits per heavy atom. The second kappa shape index (κ2) is 9.71. The zero-order valence-corrected chi connectivity index (χ0v) is 19.1. The molecule has 3 fully saturated rings. The van der Waals surface area contributed by atoms with Gasteiger partial charge in [-0.3, -0.25) is 4.99 Å². The number of aliphatic imine (C=N–C) groups is 1. The zero-order chi connectivity index (χ0) is 18.8. The van der Waals surface area contributed by atoms with Crippen molar-refractivity contribution in [2.75, 3.05) is 39.8 Å². The van der Waals surface area contributed by atoms with Crippen molar-refractivity contribution in [2.24, 2.45) is 10.9 Å². The molecule has 0 spiro atoms. The van der Waals surface area contributed by atoms with Crippen LogP contribution in [0.4, 0.5) is 4.39 Å². The SMILES string of the molecule is CN=C(NCC1CCN(C2CC2)C1)N1CC(C)OC(c2ccc(F)cc2)C1.I. The lowest BCUT2D eigenvalue weighted by molar-refractivity contribution is -0.0605. The lowest BCUT2D eigenvalue weighted by Crippen LogP contribution is -2.51. The summed E-state index contributed by atoms with van der Waals surface area (Å²) in [6.45, 7) is 7.07. The molecule has 4 rings (SSSR count). The Hall–Kier alpha value is -0.930. The van der Waals surface area contributed by atoms with Crippen LogP contribution in [-0.2, 0) is 4.74 Å². The summed E-state index contributed by atoms with van der Waals surface area (Å²) in [5, 5.41) is 3.60. The second-order valence-electron chi connectivity index (χ2n) is 8.20. The molecule has 0 bridgehead atoms. The number of hydrogen-bond acceptors (Lipinski definition) is 3. The van der Waals surface area contributed by atoms with Crippen LogP contribution >= 0.6 is 24.0 Å². The van der Waals surface area contributed by atoms with E-state index in [0.717, 1.165) is 37.2 Å². The summed E-state index contributed by atoms with van der Waals surface area (Å²) in [6, 6.07) is 7.50. The minimum absolute atomic E-state index is 0. The number of hydrogen-bond donors (Lipinski definition) is 1. The fraction of sp³-hybridized carbons (Fsp3) is 0.667. The lowest BCUT2D eigenvalue weighted by Gasteiger charge is -2.39. The van der Waals surface area contributed by atoms with Crippen molar-refractivity contribution >= 4 is 29.9 Å². The van der Waals surface area contributed by atoms with E-state index >= 15 is 0 Å². The van der Waals surface area contributed by atoms with E-state index < -0.39 is 0 Å². The summed E-state index contributed by atoms with van der Waals surface area (Å²) in [5.41, 5.74) is 1.01. The number of nitrogens with zero attached hydrogens (tertiary/aromatic N) is 3. The fourth-order valence-electron chi connectivity index (χ4n) is 4.35. The Bertz CT molecular complexity index is 667. The molecule has 1 saturated carbocycles. The quantitative estimate of drug-likeness (QED) is 0.390. The van der Waals surface area contributed by atoms with Crippen LogP contribution in [-0.4, -0.2) is 67.7 Å². The molecule has 1 aromatic rings. The van der Waals surface area contributed by atoms with Gasteiger partial charge in [0.2, 0.25) is 0 Å². The topological polar surface area (TPSA) is 40.1 Å². The summed E-state index contributed by atoms with van der Waals surface area (Å²) in [7, 11) is 1.85. The summed E-state index contributed by atoms with van der Waals surface area (Å²) in [5.74, 6) is 1.43. The number of morpholine rings is 1. The maximum atomic E-state index is 13.2. The minimum Gasteiger partial charge on any atom is -0.367 e. The number of likely N-dealkylation sites (tertiary alicyclic amines) is 1. The van der Waals surface area contributed by atoms with Gasteiger partial charge in [0.25, 0.3) is 0 Å². The summed E-state index contributed by atoms with van der Waals surface area (Å²) < 4.78 is 19.3. The highest BCUT2D eigenvalue weighted by atomic mass is 127. The van der Waals surface area contributed by atoms with Crippen LogP contribution in [0, 0.1) is 11.7 Å². The van der Waals surface area contributed by atoms with E-state index in [0.29, 0.717) is 5.92 Å². The molecule has 0 aromatic heterocycles. The standard InChI is InChI=1S/C21H31FN4O.HI/c1-15-12-26(14-20(27-15)17-3-5-18(22)6-4-17)21(23-2)24-11-16-9-10-25(13-16)19-7-8-19;/h3-6,15-16,19-20H,7-14H2,1-2H3,(H,23,24);1H. The normalized spacial score (nSPS) is 28.9. The molecular formula is C21H32FIN4O. The highest BCUT2D eigenvalue weighted by molar-refractivity contribution is 14.0. The lowest BCUT2D eigenvalue weighted by atomic mass is 10.1. The third kappa shape index (κ3) is 5.36. The maximum absolute atomic E-state index is 13.2. The maximum Gasteiger partial charge on any atom is 0.193 e. The van der Waals surface area contributed by atoms with E-state index in [-0.39, 0.29) is 42.0 Å². The highest BCUT2D eigenvalue weighted by Crippen LogP contribution is 2.31. The molecule has 1 aliphatic carbocycles. The number of halogens is 2. The molecule has 3 aliphatic rings. The average molecular weight is 502 g/mol. The number of ether oxygens (including phenoxy) is 1. The first-order valence-corrected chi connectivity index (χ1v) is 10.2. The van der Waals surface area contributed by atoms with Crippen molar-refractivity contribution in [2.45, 2.75) is 44.4 Å². The van der Waals surface area contributed by atoms with Gasteiger partial charge in [-0.1, -0.05) is 12.1 Å². The molecule has 3 atom stereocenters. The predicted molar refractivity (Wildman–Crippen MR) is 121 cm³/mol. The summed E-state index contributed by atoms with van der Waals surface area (Å²) in [4.78, 5) is 9.44. The smallest absolute Gasteiger partial charge is 0.193 e. The number of rotatable bonds is 4. The van der Waals surface area contributed by atoms with Gasteiger partial charge in [0.05, 0.1) is 12.6 Å². The van der Waals surface area contributed by atoms with E-state index in [1.807, 2.05) is 19.2 Å². The molecule has 0 amide bonds. The van der Waals surface area contributed by atoms with Crippen molar-refractivity contribution in [3.05, 3.63) is 35.6 Å². The van der Waals surface area contributed by atoms with E-state index in [1.54, 1.807) is 0 Å². The Morgan fingerprint density at radius 3 is 2.61 bits per heavy atom. The van der Waals surface area contributed by atoms with Gasteiger partial charge in [-0.05, 0) is 56.3 Å². The van der Waals surface area contributed by atoms with E-state index in [1.165, 1.54) is 44.5 Å². The monoisotopic (exact) mass is 502 g/mol.